The average molecular weight is 162 g/mol. The summed E-state index contributed by atoms with van der Waals surface area (Å²) in [6.07, 6.45) is 1.56. The van der Waals surface area contributed by atoms with Gasteiger partial charge in [-0.3, -0.25) is 0 Å². The van der Waals surface area contributed by atoms with Crippen LogP contribution >= 0.6 is 0 Å². The average Bonchev–Trinajstić information content (AvgIpc) is 1.59. The fourth-order valence-corrected chi connectivity index (χ4v) is 0.290. The molecule has 9 heavy (non-hydrogen) atoms. The Bertz CT molecular complexity index is 88.3. The predicted molar refractivity (Wildman–Crippen MR) is 28.5 cm³/mol. The second-order valence-electron chi connectivity index (χ2n) is 1.46. The van der Waals surface area contributed by atoms with E-state index < -0.39 is 6.98 Å². The van der Waals surface area contributed by atoms with E-state index in [9.17, 15) is 12.9 Å². The summed E-state index contributed by atoms with van der Waals surface area (Å²) < 4.78 is 33.7. The van der Waals surface area contributed by atoms with E-state index in [-0.39, 0.29) is 51.4 Å². The maximum atomic E-state index is 11.2. The van der Waals surface area contributed by atoms with Crippen LogP contribution in [0.4, 0.5) is 12.9 Å². The molecule has 0 saturated carbocycles. The van der Waals surface area contributed by atoms with Gasteiger partial charge >= 0.3 is 58.4 Å². The Labute approximate surface area is 95.4 Å². The molecule has 0 radical (unpaired) electrons. The van der Waals surface area contributed by atoms with Crippen LogP contribution in [0.2, 0.25) is 0 Å². The molecule has 0 rings (SSSR count). The second-order valence-corrected chi connectivity index (χ2v) is 1.46. The normalized spacial score (nSPS) is 11.6. The summed E-state index contributed by atoms with van der Waals surface area (Å²) in [6.45, 7) is -3.02. The van der Waals surface area contributed by atoms with E-state index in [0.717, 1.165) is 6.08 Å². The van der Waals surface area contributed by atoms with Gasteiger partial charge in [0.05, 0.1) is 0 Å². The van der Waals surface area contributed by atoms with E-state index in [1.54, 1.807) is 6.92 Å². The van der Waals surface area contributed by atoms with E-state index in [1.807, 2.05) is 0 Å². The van der Waals surface area contributed by atoms with Gasteiger partial charge in [-0.25, -0.2) is 0 Å². The molecule has 0 unspecified atom stereocenters. The molecule has 0 spiro atoms. The third-order valence-electron chi connectivity index (χ3n) is 0.590. The van der Waals surface area contributed by atoms with Crippen LogP contribution in [0.25, 0.3) is 0 Å². The number of halogens is 3. The molecule has 0 nitrogen and oxygen atoms in total. The van der Waals surface area contributed by atoms with Crippen LogP contribution in [0.1, 0.15) is 13.3 Å². The first-order chi connectivity index (χ1) is 3.56. The maximum Gasteiger partial charge on any atom is 1.00 e. The summed E-state index contributed by atoms with van der Waals surface area (Å²) in [5, 5.41) is 0. The molecule has 0 amide bonds. The van der Waals surface area contributed by atoms with Crippen molar-refractivity contribution in [2.45, 2.75) is 13.3 Å². The quantitative estimate of drug-likeness (QED) is 0.473. The monoisotopic (exact) mass is 162 g/mol. The minimum Gasteiger partial charge on any atom is -0.445 e. The first-order valence-electron chi connectivity index (χ1n) is 2.44. The van der Waals surface area contributed by atoms with E-state index >= 15 is 0 Å². The molecule has 0 aromatic rings. The fraction of sp³-hybridized carbons (Fsp3) is 0.500. The third-order valence-corrected chi connectivity index (χ3v) is 0.590. The Morgan fingerprint density at radius 3 is 1.89 bits per heavy atom. The molecule has 0 fully saturated rings. The zero-order valence-corrected chi connectivity index (χ0v) is 8.70. The van der Waals surface area contributed by atoms with E-state index in [2.05, 4.69) is 0 Å². The molecule has 5 heteroatoms. The number of hydrogen-bond acceptors (Lipinski definition) is 0. The molecule has 0 aromatic heterocycles. The van der Waals surface area contributed by atoms with Crippen molar-refractivity contribution in [2.24, 2.45) is 0 Å². The smallest absolute Gasteiger partial charge is 0.445 e. The Balaban J connectivity index is 0. The minimum absolute atomic E-state index is 0. The van der Waals surface area contributed by atoms with E-state index in [0.29, 0.717) is 12.4 Å². The predicted octanol–water partition coefficient (Wildman–Crippen LogP) is -0.657. The summed E-state index contributed by atoms with van der Waals surface area (Å²) in [6, 6.07) is 0. The van der Waals surface area contributed by atoms with Gasteiger partial charge in [-0.1, -0.05) is 6.92 Å². The Kier molecular flexibility index (Phi) is 8.54. The first-order valence-corrected chi connectivity index (χ1v) is 2.44. The standard InChI is InChI=1S/C4H7BF3.K/c1-2-3-4-5(6,7)8;/h3-4H,2H2,1H3;/q-1;+1. The van der Waals surface area contributed by atoms with Crippen LogP contribution < -0.4 is 51.4 Å². The van der Waals surface area contributed by atoms with Crippen molar-refractivity contribution in [3.05, 3.63) is 12.1 Å². The van der Waals surface area contributed by atoms with Crippen LogP contribution in [0, 0.1) is 0 Å². The topological polar surface area (TPSA) is 0 Å². The van der Waals surface area contributed by atoms with Crippen LogP contribution in [0.3, 0.4) is 0 Å². The van der Waals surface area contributed by atoms with Crippen LogP contribution in [-0.2, 0) is 0 Å². The largest absolute Gasteiger partial charge is 1.00 e. The van der Waals surface area contributed by atoms with Crippen molar-refractivity contribution in [3.8, 4) is 0 Å². The zero-order valence-electron chi connectivity index (χ0n) is 5.57. The minimum atomic E-state index is -4.68. The molecule has 0 bridgehead atoms. The fourth-order valence-electron chi connectivity index (χ4n) is 0.290. The Morgan fingerprint density at radius 1 is 1.33 bits per heavy atom. The van der Waals surface area contributed by atoms with Gasteiger partial charge in [0, 0.05) is 0 Å². The van der Waals surface area contributed by atoms with Gasteiger partial charge in [0.2, 0.25) is 0 Å². The number of allylic oxidation sites excluding steroid dienone is 1. The molecular formula is C4H7BF3K. The summed E-state index contributed by atoms with van der Waals surface area (Å²) in [7, 11) is 0. The van der Waals surface area contributed by atoms with Crippen LogP contribution in [0.5, 0.6) is 0 Å². The molecule has 0 aromatic carbocycles. The van der Waals surface area contributed by atoms with Crippen molar-refractivity contribution < 1.29 is 64.3 Å². The van der Waals surface area contributed by atoms with Gasteiger partial charge in [-0.15, -0.1) is 12.1 Å². The van der Waals surface area contributed by atoms with Gasteiger partial charge in [0.1, 0.15) is 0 Å². The van der Waals surface area contributed by atoms with Gasteiger partial charge in [0.25, 0.3) is 0 Å². The van der Waals surface area contributed by atoms with Gasteiger partial charge in [0.15, 0.2) is 0 Å². The SMILES string of the molecule is CCC=C[B-](F)(F)F.[K+]. The molecule has 0 aliphatic carbocycles. The Morgan fingerprint density at radius 2 is 1.78 bits per heavy atom. The summed E-state index contributed by atoms with van der Waals surface area (Å²) in [5.74, 6) is 0.306. The van der Waals surface area contributed by atoms with Crippen molar-refractivity contribution in [2.75, 3.05) is 0 Å². The first kappa shape index (κ1) is 12.9. The van der Waals surface area contributed by atoms with Crippen LogP contribution in [0.15, 0.2) is 12.1 Å². The summed E-state index contributed by atoms with van der Waals surface area (Å²) in [5.41, 5.74) is 0. The molecule has 0 N–H and O–H groups in total. The number of rotatable bonds is 2. The molecule has 0 aliphatic rings. The summed E-state index contributed by atoms with van der Waals surface area (Å²) >= 11 is 0. The molecule has 0 atom stereocenters. The van der Waals surface area contributed by atoms with Crippen molar-refractivity contribution >= 4 is 6.98 Å². The van der Waals surface area contributed by atoms with Crippen LogP contribution in [-0.4, -0.2) is 6.98 Å². The van der Waals surface area contributed by atoms with Gasteiger partial charge in [-0.05, 0) is 6.42 Å². The van der Waals surface area contributed by atoms with Gasteiger partial charge in [-0.2, -0.15) is 0 Å². The molecule has 0 saturated heterocycles. The number of hydrogen-bond donors (Lipinski definition) is 0. The third kappa shape index (κ3) is 12.4. The molecule has 0 aliphatic heterocycles. The zero-order chi connectivity index (χ0) is 6.62. The second kappa shape index (κ2) is 5.98. The molecular weight excluding hydrogens is 155 g/mol. The summed E-state index contributed by atoms with van der Waals surface area (Å²) in [4.78, 5) is 0. The van der Waals surface area contributed by atoms with Crippen molar-refractivity contribution in [3.63, 3.8) is 0 Å². The van der Waals surface area contributed by atoms with Crippen molar-refractivity contribution in [1.82, 2.24) is 0 Å². The van der Waals surface area contributed by atoms with Gasteiger partial charge < -0.3 is 12.9 Å². The Hall–Kier alpha value is 1.23. The molecule has 0 heterocycles. The van der Waals surface area contributed by atoms with E-state index in [1.165, 1.54) is 0 Å². The van der Waals surface area contributed by atoms with E-state index in [4.69, 9.17) is 0 Å². The van der Waals surface area contributed by atoms with Crippen molar-refractivity contribution in [1.29, 1.82) is 0 Å². The maximum absolute atomic E-state index is 11.2. The molecule has 48 valence electrons.